The van der Waals surface area contributed by atoms with Gasteiger partial charge in [-0.15, -0.1) is 17.5 Å². The molecule has 0 unspecified atom stereocenters. The third-order valence-electron chi connectivity index (χ3n) is 3.87. The van der Waals surface area contributed by atoms with Crippen molar-refractivity contribution in [3.63, 3.8) is 0 Å². The summed E-state index contributed by atoms with van der Waals surface area (Å²) in [6.45, 7) is 0. The quantitative estimate of drug-likeness (QED) is 0.697. The molecule has 0 aromatic heterocycles. The van der Waals surface area contributed by atoms with Crippen LogP contribution in [0.5, 0.6) is 5.75 Å². The summed E-state index contributed by atoms with van der Waals surface area (Å²) < 4.78 is 0. The van der Waals surface area contributed by atoms with Crippen molar-refractivity contribution >= 4 is 40.1 Å². The molecule has 0 saturated heterocycles. The Morgan fingerprint density at radius 1 is 1.04 bits per heavy atom. The van der Waals surface area contributed by atoms with Crippen molar-refractivity contribution < 1.29 is 19.8 Å². The largest absolute Gasteiger partial charge is 0.872 e. The number of carboxylic acids is 1. The van der Waals surface area contributed by atoms with Crippen LogP contribution < -0.4 is 10.4 Å². The first kappa shape index (κ1) is 17.8. The minimum atomic E-state index is -1.25. The summed E-state index contributed by atoms with van der Waals surface area (Å²) in [6.07, 6.45) is 0. The number of nitrogens with one attached hydrogen (secondary N) is 1. The number of hydrogen-bond acceptors (Lipinski definition) is 4. The van der Waals surface area contributed by atoms with Crippen LogP contribution in [0.25, 0.3) is 10.8 Å². The maximum atomic E-state index is 12.1. The zero-order chi connectivity index (χ0) is 18.5. The number of thioether (sulfide) groups is 1. The number of fused-ring (bicyclic) bond motifs is 1. The summed E-state index contributed by atoms with van der Waals surface area (Å²) >= 11 is 1.44. The lowest BCUT2D eigenvalue weighted by atomic mass is 10.1. The number of amides is 1. The van der Waals surface area contributed by atoms with E-state index in [4.69, 9.17) is 5.11 Å². The van der Waals surface area contributed by atoms with Gasteiger partial charge in [-0.2, -0.15) is 0 Å². The molecule has 132 valence electrons. The summed E-state index contributed by atoms with van der Waals surface area (Å²) in [6, 6.07) is 17.7. The number of hydrogen-bond donors (Lipinski definition) is 2. The van der Waals surface area contributed by atoms with Crippen LogP contribution in [-0.2, 0) is 10.5 Å². The maximum Gasteiger partial charge on any atom is 0.337 e. The number of carboxylic acid groups (broad SMARTS) is 1. The molecule has 0 heterocycles. The molecule has 1 amide bonds. The lowest BCUT2D eigenvalue weighted by Gasteiger charge is -2.12. The standard InChI is InChI=1S/C20H17NO4S/c22-15-8-9-18(17(10-15)20(24)25)21-19(23)12-26-11-14-6-3-5-13-4-1-2-7-16(13)14/h1-10,22H,11-12H2,(H,21,23)(H,24,25)/p-1. The Kier molecular flexibility index (Phi) is 5.43. The Morgan fingerprint density at radius 2 is 1.81 bits per heavy atom. The number of carbonyl (C=O) groups excluding carboxylic acids is 1. The van der Waals surface area contributed by atoms with E-state index in [9.17, 15) is 14.7 Å². The summed E-state index contributed by atoms with van der Waals surface area (Å²) in [5, 5.41) is 25.3. The van der Waals surface area contributed by atoms with Crippen molar-refractivity contribution in [1.29, 1.82) is 0 Å². The fourth-order valence-corrected chi connectivity index (χ4v) is 3.50. The van der Waals surface area contributed by atoms with Crippen molar-refractivity contribution in [3.05, 3.63) is 71.8 Å². The van der Waals surface area contributed by atoms with Crippen LogP contribution >= 0.6 is 11.8 Å². The number of anilines is 1. The van der Waals surface area contributed by atoms with Gasteiger partial charge in [0.1, 0.15) is 0 Å². The molecule has 0 fully saturated rings. The van der Waals surface area contributed by atoms with Gasteiger partial charge in [0.15, 0.2) is 0 Å². The van der Waals surface area contributed by atoms with E-state index in [1.807, 2.05) is 36.4 Å². The molecule has 2 N–H and O–H groups in total. The third kappa shape index (κ3) is 4.15. The molecule has 0 bridgehead atoms. The van der Waals surface area contributed by atoms with Crippen LogP contribution in [0, 0.1) is 0 Å². The molecule has 3 rings (SSSR count). The summed E-state index contributed by atoms with van der Waals surface area (Å²) in [5.74, 6) is -1.12. The van der Waals surface area contributed by atoms with Crippen molar-refractivity contribution in [1.82, 2.24) is 0 Å². The van der Waals surface area contributed by atoms with Crippen molar-refractivity contribution in [2.75, 3.05) is 11.1 Å². The number of carbonyl (C=O) groups is 2. The van der Waals surface area contributed by atoms with E-state index in [0.717, 1.165) is 22.4 Å². The second-order valence-electron chi connectivity index (χ2n) is 5.69. The predicted octanol–water partition coefficient (Wildman–Crippen LogP) is 3.48. The van der Waals surface area contributed by atoms with E-state index in [0.29, 0.717) is 5.75 Å². The zero-order valence-electron chi connectivity index (χ0n) is 13.8. The fourth-order valence-electron chi connectivity index (χ4n) is 2.67. The number of rotatable bonds is 6. The Bertz CT molecular complexity index is 966. The fraction of sp³-hybridized carbons (Fsp3) is 0.100. The minimum absolute atomic E-state index is 0.132. The normalized spacial score (nSPS) is 10.6. The maximum absolute atomic E-state index is 12.1. The average molecular weight is 366 g/mol. The van der Waals surface area contributed by atoms with Gasteiger partial charge in [-0.3, -0.25) is 4.79 Å². The molecule has 0 aliphatic heterocycles. The smallest absolute Gasteiger partial charge is 0.337 e. The van der Waals surface area contributed by atoms with Gasteiger partial charge in [-0.05, 0) is 22.4 Å². The Labute approximate surface area is 154 Å². The molecular weight excluding hydrogens is 350 g/mol. The SMILES string of the molecule is O=C(CSCc1cccc2ccccc12)Nc1ccc([O-])cc1C(=O)O. The van der Waals surface area contributed by atoms with Gasteiger partial charge in [0.25, 0.3) is 0 Å². The number of aromatic carboxylic acids is 1. The Morgan fingerprint density at radius 3 is 2.62 bits per heavy atom. The molecule has 0 aliphatic rings. The molecule has 0 aliphatic carbocycles. The van der Waals surface area contributed by atoms with Crippen LogP contribution in [0.3, 0.4) is 0 Å². The second-order valence-corrected chi connectivity index (χ2v) is 6.68. The highest BCUT2D eigenvalue weighted by Crippen LogP contribution is 2.23. The van der Waals surface area contributed by atoms with Crippen molar-refractivity contribution in [3.8, 4) is 5.75 Å². The summed E-state index contributed by atoms with van der Waals surface area (Å²) in [7, 11) is 0. The average Bonchev–Trinajstić information content (AvgIpc) is 2.63. The molecule has 0 spiro atoms. The van der Waals surface area contributed by atoms with Gasteiger partial charge in [0.05, 0.1) is 17.0 Å². The lowest BCUT2D eigenvalue weighted by molar-refractivity contribution is -0.268. The molecule has 0 saturated carbocycles. The molecule has 6 heteroatoms. The molecule has 26 heavy (non-hydrogen) atoms. The molecule has 3 aromatic rings. The molecule has 5 nitrogen and oxygen atoms in total. The predicted molar refractivity (Wildman–Crippen MR) is 102 cm³/mol. The van der Waals surface area contributed by atoms with E-state index in [1.54, 1.807) is 0 Å². The van der Waals surface area contributed by atoms with E-state index < -0.39 is 11.7 Å². The summed E-state index contributed by atoms with van der Waals surface area (Å²) in [4.78, 5) is 23.3. The lowest BCUT2D eigenvalue weighted by Crippen LogP contribution is -2.17. The Balaban J connectivity index is 1.62. The van der Waals surface area contributed by atoms with Crippen LogP contribution in [0.4, 0.5) is 5.69 Å². The van der Waals surface area contributed by atoms with Crippen LogP contribution in [0.1, 0.15) is 15.9 Å². The van der Waals surface area contributed by atoms with E-state index >= 15 is 0 Å². The van der Waals surface area contributed by atoms with Gasteiger partial charge in [0, 0.05) is 5.75 Å². The zero-order valence-corrected chi connectivity index (χ0v) is 14.6. The first-order chi connectivity index (χ1) is 12.5. The van der Waals surface area contributed by atoms with Gasteiger partial charge < -0.3 is 15.5 Å². The second kappa shape index (κ2) is 7.93. The first-order valence-electron chi connectivity index (χ1n) is 7.93. The van der Waals surface area contributed by atoms with Gasteiger partial charge >= 0.3 is 5.97 Å². The highest BCUT2D eigenvalue weighted by atomic mass is 32.2. The third-order valence-corrected chi connectivity index (χ3v) is 4.85. The minimum Gasteiger partial charge on any atom is -0.872 e. The van der Waals surface area contributed by atoms with Crippen molar-refractivity contribution in [2.24, 2.45) is 0 Å². The molecule has 0 atom stereocenters. The van der Waals surface area contributed by atoms with E-state index in [2.05, 4.69) is 11.4 Å². The topological polar surface area (TPSA) is 89.5 Å². The highest BCUT2D eigenvalue weighted by molar-refractivity contribution is 7.99. The first-order valence-corrected chi connectivity index (χ1v) is 9.08. The van der Waals surface area contributed by atoms with Crippen LogP contribution in [-0.4, -0.2) is 22.7 Å². The van der Waals surface area contributed by atoms with Crippen LogP contribution in [0.15, 0.2) is 60.7 Å². The van der Waals surface area contributed by atoms with E-state index in [-0.39, 0.29) is 22.9 Å². The summed E-state index contributed by atoms with van der Waals surface area (Å²) in [5.41, 5.74) is 1.07. The monoisotopic (exact) mass is 366 g/mol. The Hall–Kier alpha value is -2.99. The molecular formula is C20H16NO4S-. The highest BCUT2D eigenvalue weighted by Gasteiger charge is 2.12. The van der Waals surface area contributed by atoms with Crippen molar-refractivity contribution in [2.45, 2.75) is 5.75 Å². The van der Waals surface area contributed by atoms with Gasteiger partial charge in [0.2, 0.25) is 5.91 Å². The molecule has 3 aromatic carbocycles. The van der Waals surface area contributed by atoms with Crippen LogP contribution in [0.2, 0.25) is 0 Å². The number of benzene rings is 3. The molecule has 0 radical (unpaired) electrons. The van der Waals surface area contributed by atoms with Gasteiger partial charge in [-0.1, -0.05) is 54.6 Å². The van der Waals surface area contributed by atoms with Gasteiger partial charge in [-0.25, -0.2) is 4.79 Å². The van der Waals surface area contributed by atoms with E-state index in [1.165, 1.54) is 23.9 Å².